The molecule has 3 rings (SSSR count). The van der Waals surface area contributed by atoms with Crippen molar-refractivity contribution in [2.24, 2.45) is 0 Å². The second-order valence-electron chi connectivity index (χ2n) is 4.99. The third kappa shape index (κ3) is 2.27. The lowest BCUT2D eigenvalue weighted by Crippen LogP contribution is -2.38. The first-order valence-corrected chi connectivity index (χ1v) is 7.68. The summed E-state index contributed by atoms with van der Waals surface area (Å²) >= 11 is 3.50. The molecule has 2 aromatic carbocycles. The average Bonchev–Trinajstić information content (AvgIpc) is 2.48. The molecule has 0 aliphatic carbocycles. The van der Waals surface area contributed by atoms with Crippen molar-refractivity contribution in [2.45, 2.75) is 19.8 Å². The van der Waals surface area contributed by atoms with Crippen molar-refractivity contribution in [3.63, 3.8) is 0 Å². The summed E-state index contributed by atoms with van der Waals surface area (Å²) in [6, 6.07) is 14.0. The van der Waals surface area contributed by atoms with Crippen molar-refractivity contribution < 1.29 is 4.79 Å². The number of halogens is 1. The van der Waals surface area contributed by atoms with Crippen LogP contribution in [0.1, 0.15) is 28.4 Å². The second-order valence-corrected chi connectivity index (χ2v) is 5.91. The van der Waals surface area contributed by atoms with Crippen molar-refractivity contribution in [3.8, 4) is 0 Å². The van der Waals surface area contributed by atoms with E-state index in [-0.39, 0.29) is 5.91 Å². The number of hydrogen-bond acceptors (Lipinski definition) is 1. The van der Waals surface area contributed by atoms with Crippen LogP contribution in [0.25, 0.3) is 0 Å². The summed E-state index contributed by atoms with van der Waals surface area (Å²) in [5.41, 5.74) is 4.23. The van der Waals surface area contributed by atoms with Gasteiger partial charge in [-0.05, 0) is 48.2 Å². The van der Waals surface area contributed by atoms with Crippen LogP contribution in [0.2, 0.25) is 0 Å². The van der Waals surface area contributed by atoms with Gasteiger partial charge in [0.2, 0.25) is 0 Å². The molecule has 0 N–H and O–H groups in total. The van der Waals surface area contributed by atoms with Crippen LogP contribution in [0.5, 0.6) is 0 Å². The molecule has 2 nitrogen and oxygen atoms in total. The van der Waals surface area contributed by atoms with Crippen LogP contribution in [0, 0.1) is 0 Å². The van der Waals surface area contributed by atoms with Gasteiger partial charge >= 0.3 is 0 Å². The maximum absolute atomic E-state index is 12.7. The number of rotatable bonds is 2. The van der Waals surface area contributed by atoms with E-state index in [1.54, 1.807) is 0 Å². The number of aryl methyl sites for hydroxylation is 1. The van der Waals surface area contributed by atoms with Gasteiger partial charge in [-0.1, -0.05) is 41.1 Å². The Morgan fingerprint density at radius 1 is 1.20 bits per heavy atom. The maximum atomic E-state index is 12.7. The summed E-state index contributed by atoms with van der Waals surface area (Å²) in [4.78, 5) is 14.6. The Hall–Kier alpha value is -1.61. The maximum Gasteiger partial charge on any atom is 0.258 e. The summed E-state index contributed by atoms with van der Waals surface area (Å²) in [6.07, 6.45) is 1.83. The number of benzene rings is 2. The van der Waals surface area contributed by atoms with Gasteiger partial charge in [-0.25, -0.2) is 0 Å². The minimum Gasteiger partial charge on any atom is -0.308 e. The fourth-order valence-electron chi connectivity index (χ4n) is 2.76. The zero-order valence-electron chi connectivity index (χ0n) is 11.4. The van der Waals surface area contributed by atoms with Gasteiger partial charge in [0.05, 0.1) is 0 Å². The molecule has 3 heteroatoms. The van der Waals surface area contributed by atoms with E-state index in [1.807, 2.05) is 41.3 Å². The van der Waals surface area contributed by atoms with E-state index in [4.69, 9.17) is 0 Å². The minimum absolute atomic E-state index is 0.115. The SMILES string of the molecule is CCc1cc(Br)ccc1N1CCc2ccccc2C1=O. The Morgan fingerprint density at radius 2 is 2.00 bits per heavy atom. The molecule has 0 saturated heterocycles. The number of anilines is 1. The smallest absolute Gasteiger partial charge is 0.258 e. The summed E-state index contributed by atoms with van der Waals surface area (Å²) in [7, 11) is 0. The quantitative estimate of drug-likeness (QED) is 0.808. The average molecular weight is 330 g/mol. The Kier molecular flexibility index (Phi) is 3.62. The van der Waals surface area contributed by atoms with E-state index in [1.165, 1.54) is 5.56 Å². The summed E-state index contributed by atoms with van der Waals surface area (Å²) in [6.45, 7) is 2.87. The third-order valence-electron chi connectivity index (χ3n) is 3.81. The topological polar surface area (TPSA) is 20.3 Å². The molecule has 0 fully saturated rings. The molecular weight excluding hydrogens is 314 g/mol. The predicted octanol–water partition coefficient (Wildman–Crippen LogP) is 4.21. The highest BCUT2D eigenvalue weighted by atomic mass is 79.9. The number of hydrogen-bond donors (Lipinski definition) is 0. The summed E-state index contributed by atoms with van der Waals surface area (Å²) in [5, 5.41) is 0. The highest BCUT2D eigenvalue weighted by molar-refractivity contribution is 9.10. The van der Waals surface area contributed by atoms with Crippen LogP contribution < -0.4 is 4.90 Å². The van der Waals surface area contributed by atoms with Crippen molar-refractivity contribution in [1.82, 2.24) is 0 Å². The van der Waals surface area contributed by atoms with E-state index >= 15 is 0 Å². The van der Waals surface area contributed by atoms with Crippen LogP contribution in [-0.4, -0.2) is 12.5 Å². The number of carbonyl (C=O) groups is 1. The summed E-state index contributed by atoms with van der Waals surface area (Å²) in [5.74, 6) is 0.115. The third-order valence-corrected chi connectivity index (χ3v) is 4.30. The van der Waals surface area contributed by atoms with Gasteiger partial charge in [0.1, 0.15) is 0 Å². The largest absolute Gasteiger partial charge is 0.308 e. The lowest BCUT2D eigenvalue weighted by Gasteiger charge is -2.30. The molecule has 0 atom stereocenters. The van der Waals surface area contributed by atoms with Crippen LogP contribution in [0.3, 0.4) is 0 Å². The van der Waals surface area contributed by atoms with Crippen LogP contribution in [0.15, 0.2) is 46.9 Å². The van der Waals surface area contributed by atoms with Gasteiger partial charge in [-0.3, -0.25) is 4.79 Å². The summed E-state index contributed by atoms with van der Waals surface area (Å²) < 4.78 is 1.06. The van der Waals surface area contributed by atoms with Gasteiger partial charge in [-0.2, -0.15) is 0 Å². The number of carbonyl (C=O) groups excluding carboxylic acids is 1. The molecule has 2 aromatic rings. The molecule has 0 radical (unpaired) electrons. The monoisotopic (exact) mass is 329 g/mol. The lowest BCUT2D eigenvalue weighted by molar-refractivity contribution is 0.0980. The van der Waals surface area contributed by atoms with E-state index in [0.29, 0.717) is 0 Å². The van der Waals surface area contributed by atoms with Crippen LogP contribution >= 0.6 is 15.9 Å². The first-order chi connectivity index (χ1) is 9.70. The molecule has 102 valence electrons. The molecule has 1 heterocycles. The molecule has 1 aliphatic heterocycles. The van der Waals surface area contributed by atoms with Crippen molar-refractivity contribution in [3.05, 3.63) is 63.6 Å². The standard InChI is InChI=1S/C17H16BrNO/c1-2-12-11-14(18)7-8-16(12)19-10-9-13-5-3-4-6-15(13)17(19)20/h3-8,11H,2,9-10H2,1H3. The zero-order valence-corrected chi connectivity index (χ0v) is 13.0. The van der Waals surface area contributed by atoms with Crippen molar-refractivity contribution in [2.75, 3.05) is 11.4 Å². The van der Waals surface area contributed by atoms with E-state index in [2.05, 4.69) is 28.9 Å². The normalized spacial score (nSPS) is 14.3. The van der Waals surface area contributed by atoms with Crippen molar-refractivity contribution in [1.29, 1.82) is 0 Å². The lowest BCUT2D eigenvalue weighted by atomic mass is 9.97. The van der Waals surface area contributed by atoms with Gasteiger partial charge in [0.15, 0.2) is 0 Å². The minimum atomic E-state index is 0.115. The van der Waals surface area contributed by atoms with Gasteiger partial charge in [0, 0.05) is 22.3 Å². The molecule has 20 heavy (non-hydrogen) atoms. The Labute approximate surface area is 127 Å². The van der Waals surface area contributed by atoms with Crippen LogP contribution in [0.4, 0.5) is 5.69 Å². The second kappa shape index (κ2) is 5.41. The molecule has 0 bridgehead atoms. The van der Waals surface area contributed by atoms with Crippen LogP contribution in [-0.2, 0) is 12.8 Å². The van der Waals surface area contributed by atoms with Gasteiger partial charge in [0.25, 0.3) is 5.91 Å². The number of nitrogens with zero attached hydrogens (tertiary/aromatic N) is 1. The number of fused-ring (bicyclic) bond motifs is 1. The first-order valence-electron chi connectivity index (χ1n) is 6.89. The molecular formula is C17H16BrNO. The molecule has 1 amide bonds. The highest BCUT2D eigenvalue weighted by Crippen LogP contribution is 2.29. The fourth-order valence-corrected chi connectivity index (χ4v) is 3.17. The Balaban J connectivity index is 2.03. The fraction of sp³-hybridized carbons (Fsp3) is 0.235. The molecule has 0 unspecified atom stereocenters. The first kappa shape index (κ1) is 13.4. The van der Waals surface area contributed by atoms with Crippen molar-refractivity contribution >= 4 is 27.5 Å². The molecule has 0 saturated carbocycles. The van der Waals surface area contributed by atoms with Gasteiger partial charge < -0.3 is 4.90 Å². The number of amides is 1. The molecule has 0 aromatic heterocycles. The van der Waals surface area contributed by atoms with Gasteiger partial charge in [-0.15, -0.1) is 0 Å². The molecule has 1 aliphatic rings. The van der Waals surface area contributed by atoms with E-state index in [0.717, 1.165) is 40.7 Å². The van der Waals surface area contributed by atoms with E-state index < -0.39 is 0 Å². The Bertz CT molecular complexity index is 666. The van der Waals surface area contributed by atoms with E-state index in [9.17, 15) is 4.79 Å². The zero-order chi connectivity index (χ0) is 14.1. The molecule has 0 spiro atoms. The highest BCUT2D eigenvalue weighted by Gasteiger charge is 2.26. The predicted molar refractivity (Wildman–Crippen MR) is 85.3 cm³/mol. The Morgan fingerprint density at radius 3 is 2.80 bits per heavy atom.